The van der Waals surface area contributed by atoms with Crippen LogP contribution in [0.15, 0.2) is 40.8 Å². The van der Waals surface area contributed by atoms with Gasteiger partial charge in [0.05, 0.1) is 11.2 Å². The predicted molar refractivity (Wildman–Crippen MR) is 121 cm³/mol. The van der Waals surface area contributed by atoms with Gasteiger partial charge >= 0.3 is 0 Å². The highest BCUT2D eigenvalue weighted by molar-refractivity contribution is 14.0. The van der Waals surface area contributed by atoms with Crippen LogP contribution in [0.4, 0.5) is 0 Å². The summed E-state index contributed by atoms with van der Waals surface area (Å²) in [4.78, 5) is 21.1. The molecule has 1 aromatic heterocycles. The van der Waals surface area contributed by atoms with E-state index in [9.17, 15) is 4.79 Å². The molecule has 0 unspecified atom stereocenters. The highest BCUT2D eigenvalue weighted by Crippen LogP contribution is 2.47. The van der Waals surface area contributed by atoms with Crippen molar-refractivity contribution in [2.45, 2.75) is 25.2 Å². The molecule has 8 heteroatoms. The molecule has 1 heterocycles. The maximum Gasteiger partial charge on any atom is 0.263 e. The smallest absolute Gasteiger partial charge is 0.263 e. The van der Waals surface area contributed by atoms with Crippen LogP contribution >= 0.6 is 35.3 Å². The second-order valence-corrected chi connectivity index (χ2v) is 7.38. The maximum absolute atomic E-state index is 12.0. The highest BCUT2D eigenvalue weighted by atomic mass is 127. The second kappa shape index (κ2) is 10.0. The molecule has 1 aromatic carbocycles. The quantitative estimate of drug-likeness (QED) is 0.237. The van der Waals surface area contributed by atoms with E-state index in [0.717, 1.165) is 18.2 Å². The predicted octanol–water partition coefficient (Wildman–Crippen LogP) is 2.70. The van der Waals surface area contributed by atoms with Gasteiger partial charge in [-0.2, -0.15) is 0 Å². The minimum Gasteiger partial charge on any atom is -0.356 e. The molecule has 0 bridgehead atoms. The fourth-order valence-corrected chi connectivity index (χ4v) is 3.66. The first-order chi connectivity index (χ1) is 12.6. The third kappa shape index (κ3) is 5.65. The summed E-state index contributed by atoms with van der Waals surface area (Å²) >= 11 is 1.36. The Morgan fingerprint density at radius 2 is 1.89 bits per heavy atom. The van der Waals surface area contributed by atoms with Gasteiger partial charge in [-0.25, -0.2) is 4.98 Å². The van der Waals surface area contributed by atoms with Crippen molar-refractivity contribution in [1.82, 2.24) is 20.9 Å². The number of aliphatic imine (C=N–C) groups is 1. The molecule has 0 saturated heterocycles. The number of halogens is 1. The van der Waals surface area contributed by atoms with E-state index in [1.54, 1.807) is 12.6 Å². The van der Waals surface area contributed by atoms with Crippen molar-refractivity contribution in [3.05, 3.63) is 52.0 Å². The van der Waals surface area contributed by atoms with Gasteiger partial charge in [0.25, 0.3) is 5.91 Å². The van der Waals surface area contributed by atoms with E-state index in [4.69, 9.17) is 0 Å². The largest absolute Gasteiger partial charge is 0.356 e. The van der Waals surface area contributed by atoms with Gasteiger partial charge < -0.3 is 16.0 Å². The lowest BCUT2D eigenvalue weighted by Gasteiger charge is -2.19. The number of thiazole rings is 1. The van der Waals surface area contributed by atoms with E-state index < -0.39 is 0 Å². The number of aromatic nitrogens is 1. The van der Waals surface area contributed by atoms with E-state index in [0.29, 0.717) is 18.0 Å². The summed E-state index contributed by atoms with van der Waals surface area (Å²) in [5.41, 5.74) is 4.08. The molecule has 3 rings (SSSR count). The Morgan fingerprint density at radius 3 is 2.48 bits per heavy atom. The van der Waals surface area contributed by atoms with Crippen LogP contribution in [0.25, 0.3) is 0 Å². The van der Waals surface area contributed by atoms with Gasteiger partial charge in [0.15, 0.2) is 5.96 Å². The van der Waals surface area contributed by atoms with E-state index in [-0.39, 0.29) is 35.3 Å². The van der Waals surface area contributed by atoms with E-state index >= 15 is 0 Å². The normalized spacial score (nSPS) is 14.8. The Bertz CT molecular complexity index is 773. The molecule has 0 atom stereocenters. The minimum atomic E-state index is -0.0734. The first-order valence-corrected chi connectivity index (χ1v) is 9.71. The van der Waals surface area contributed by atoms with Gasteiger partial charge in [-0.05, 0) is 25.3 Å². The molecule has 146 valence electrons. The number of hydrogen-bond acceptors (Lipinski definition) is 4. The third-order valence-corrected chi connectivity index (χ3v) is 5.64. The first-order valence-electron chi connectivity index (χ1n) is 8.83. The van der Waals surface area contributed by atoms with Crippen LogP contribution in [0.5, 0.6) is 0 Å². The Balaban J connectivity index is 0.00000261. The zero-order valence-corrected chi connectivity index (χ0v) is 18.8. The summed E-state index contributed by atoms with van der Waals surface area (Å²) in [6.45, 7) is 3.85. The number of benzene rings is 1. The molecule has 1 amide bonds. The van der Waals surface area contributed by atoms with E-state index in [1.165, 1.54) is 29.7 Å². The first kappa shape index (κ1) is 21.6. The molecule has 0 aliphatic heterocycles. The average Bonchev–Trinajstić information content (AvgIpc) is 3.34. The molecule has 0 radical (unpaired) electrons. The Labute approximate surface area is 181 Å². The van der Waals surface area contributed by atoms with Crippen molar-refractivity contribution in [2.24, 2.45) is 4.99 Å². The number of rotatable bonds is 7. The van der Waals surface area contributed by atoms with Gasteiger partial charge in [0.2, 0.25) is 0 Å². The van der Waals surface area contributed by atoms with Crippen LogP contribution in [0.3, 0.4) is 0 Å². The van der Waals surface area contributed by atoms with Crippen molar-refractivity contribution in [2.75, 3.05) is 26.7 Å². The molecular weight excluding hydrogens is 473 g/mol. The van der Waals surface area contributed by atoms with Crippen molar-refractivity contribution < 1.29 is 4.79 Å². The van der Waals surface area contributed by atoms with Crippen LogP contribution in [0.1, 0.15) is 33.8 Å². The van der Waals surface area contributed by atoms with Crippen molar-refractivity contribution >= 4 is 47.2 Å². The number of carbonyl (C=O) groups excluding carboxylic acids is 1. The molecule has 27 heavy (non-hydrogen) atoms. The molecular formula is C19H26IN5OS. The monoisotopic (exact) mass is 499 g/mol. The van der Waals surface area contributed by atoms with Gasteiger partial charge in [0.1, 0.15) is 4.88 Å². The number of guanidine groups is 1. The zero-order chi connectivity index (χ0) is 18.4. The summed E-state index contributed by atoms with van der Waals surface area (Å²) < 4.78 is 0. The summed E-state index contributed by atoms with van der Waals surface area (Å²) in [6, 6.07) is 10.6. The van der Waals surface area contributed by atoms with Gasteiger partial charge in [-0.15, -0.1) is 35.3 Å². The number of nitrogens with zero attached hydrogens (tertiary/aromatic N) is 2. The standard InChI is InChI=1S/C19H25N5OS.HI/c1-14-16(26-13-24-14)17(25)21-10-11-22-18(20-2)23-12-19(8-9-19)15-6-4-3-5-7-15;/h3-7,13H,8-12H2,1-2H3,(H,21,25)(H2,20,22,23);1H. The lowest BCUT2D eigenvalue weighted by molar-refractivity contribution is 0.0957. The van der Waals surface area contributed by atoms with E-state index in [1.807, 2.05) is 6.92 Å². The van der Waals surface area contributed by atoms with Crippen LogP contribution in [-0.2, 0) is 5.41 Å². The molecule has 2 aromatic rings. The number of aryl methyl sites for hydroxylation is 1. The molecule has 3 N–H and O–H groups in total. The minimum absolute atomic E-state index is 0. The number of nitrogens with one attached hydrogen (secondary N) is 3. The van der Waals surface area contributed by atoms with Crippen LogP contribution in [-0.4, -0.2) is 43.5 Å². The lowest BCUT2D eigenvalue weighted by Crippen LogP contribution is -2.44. The topological polar surface area (TPSA) is 78.4 Å². The number of amides is 1. The lowest BCUT2D eigenvalue weighted by atomic mass is 9.96. The van der Waals surface area contributed by atoms with E-state index in [2.05, 4.69) is 56.3 Å². The highest BCUT2D eigenvalue weighted by Gasteiger charge is 2.43. The Hall–Kier alpha value is -1.68. The zero-order valence-electron chi connectivity index (χ0n) is 15.6. The summed E-state index contributed by atoms with van der Waals surface area (Å²) in [6.07, 6.45) is 2.40. The van der Waals surface area contributed by atoms with Crippen molar-refractivity contribution in [1.29, 1.82) is 0 Å². The van der Waals surface area contributed by atoms with Crippen molar-refractivity contribution in [3.8, 4) is 0 Å². The van der Waals surface area contributed by atoms with Gasteiger partial charge in [0, 0.05) is 32.1 Å². The van der Waals surface area contributed by atoms with Gasteiger partial charge in [-0.1, -0.05) is 30.3 Å². The number of carbonyl (C=O) groups is 1. The second-order valence-electron chi connectivity index (χ2n) is 6.52. The number of hydrogen-bond donors (Lipinski definition) is 3. The summed E-state index contributed by atoms with van der Waals surface area (Å²) in [5, 5.41) is 9.56. The van der Waals surface area contributed by atoms with Gasteiger partial charge in [-0.3, -0.25) is 9.79 Å². The average molecular weight is 499 g/mol. The Morgan fingerprint density at radius 1 is 1.19 bits per heavy atom. The third-order valence-electron chi connectivity index (χ3n) is 4.71. The fourth-order valence-electron chi connectivity index (χ4n) is 2.94. The molecule has 1 aliphatic carbocycles. The molecule has 1 aliphatic rings. The Kier molecular flexibility index (Phi) is 8.03. The van der Waals surface area contributed by atoms with Crippen LogP contribution in [0.2, 0.25) is 0 Å². The summed E-state index contributed by atoms with van der Waals surface area (Å²) in [5.74, 6) is 0.686. The fraction of sp³-hybridized carbons (Fsp3) is 0.421. The SMILES string of the molecule is CN=C(NCCNC(=O)c1scnc1C)NCC1(c2ccccc2)CC1.I. The molecule has 1 saturated carbocycles. The molecule has 0 spiro atoms. The van der Waals surface area contributed by atoms with Crippen LogP contribution in [0, 0.1) is 6.92 Å². The summed E-state index contributed by atoms with van der Waals surface area (Å²) in [7, 11) is 1.76. The molecule has 6 nitrogen and oxygen atoms in total. The molecule has 1 fully saturated rings. The van der Waals surface area contributed by atoms with Crippen LogP contribution < -0.4 is 16.0 Å². The maximum atomic E-state index is 12.0. The van der Waals surface area contributed by atoms with Crippen molar-refractivity contribution in [3.63, 3.8) is 0 Å².